The highest BCUT2D eigenvalue weighted by Crippen LogP contribution is 2.23. The second kappa shape index (κ2) is 9.59. The lowest BCUT2D eigenvalue weighted by Crippen LogP contribution is -2.53. The van der Waals surface area contributed by atoms with E-state index < -0.39 is 6.03 Å². The smallest absolute Gasteiger partial charge is 0.321 e. The molecule has 152 valence electrons. The van der Waals surface area contributed by atoms with Gasteiger partial charge in [0.05, 0.1) is 12.7 Å². The van der Waals surface area contributed by atoms with Crippen molar-refractivity contribution >= 4 is 17.8 Å². The third-order valence-corrected chi connectivity index (χ3v) is 5.49. The Labute approximate surface area is 164 Å². The lowest BCUT2D eigenvalue weighted by molar-refractivity contribution is -0.121. The number of piperazine rings is 1. The summed E-state index contributed by atoms with van der Waals surface area (Å²) in [6, 6.07) is -0.280. The summed E-state index contributed by atoms with van der Waals surface area (Å²) in [5.74, 6) is -0.0395. The number of hydrogen-bond acceptors (Lipinski definition) is 6. The first kappa shape index (κ1) is 20.2. The van der Waals surface area contributed by atoms with E-state index in [4.69, 9.17) is 0 Å². The molecule has 2 N–H and O–H groups in total. The summed E-state index contributed by atoms with van der Waals surface area (Å²) >= 11 is 0. The van der Waals surface area contributed by atoms with Crippen LogP contribution in [0, 0.1) is 5.92 Å². The van der Waals surface area contributed by atoms with Crippen LogP contribution in [0.3, 0.4) is 0 Å². The largest absolute Gasteiger partial charge is 0.335 e. The van der Waals surface area contributed by atoms with Crippen LogP contribution in [-0.4, -0.2) is 76.4 Å². The lowest BCUT2D eigenvalue weighted by atomic mass is 9.86. The quantitative estimate of drug-likeness (QED) is 0.784. The van der Waals surface area contributed by atoms with E-state index in [0.29, 0.717) is 37.8 Å². The SMILES string of the molecule is CC1CCCCC1NC(=O)NC(=O)CN1CCN(C(=O)c2cnccn2)CC1. The van der Waals surface area contributed by atoms with E-state index in [2.05, 4.69) is 27.5 Å². The number of amides is 4. The van der Waals surface area contributed by atoms with Crippen molar-refractivity contribution in [3.8, 4) is 0 Å². The molecule has 1 aliphatic carbocycles. The van der Waals surface area contributed by atoms with Crippen LogP contribution in [0.1, 0.15) is 43.1 Å². The number of rotatable bonds is 4. The minimum absolute atomic E-state index is 0.136. The molecule has 2 unspecified atom stereocenters. The Bertz CT molecular complexity index is 690. The van der Waals surface area contributed by atoms with Gasteiger partial charge in [-0.05, 0) is 18.8 Å². The van der Waals surface area contributed by atoms with Crippen LogP contribution in [0.4, 0.5) is 4.79 Å². The van der Waals surface area contributed by atoms with Crippen molar-refractivity contribution in [1.82, 2.24) is 30.4 Å². The van der Waals surface area contributed by atoms with Crippen LogP contribution in [-0.2, 0) is 4.79 Å². The van der Waals surface area contributed by atoms with Crippen LogP contribution in [0.2, 0.25) is 0 Å². The van der Waals surface area contributed by atoms with E-state index in [1.165, 1.54) is 25.0 Å². The molecule has 3 rings (SSSR count). The number of carbonyl (C=O) groups is 3. The second-order valence-electron chi connectivity index (χ2n) is 7.55. The van der Waals surface area contributed by atoms with Gasteiger partial charge in [0.2, 0.25) is 5.91 Å². The molecule has 0 aromatic carbocycles. The van der Waals surface area contributed by atoms with Gasteiger partial charge in [0.25, 0.3) is 5.91 Å². The molecule has 1 aromatic heterocycles. The second-order valence-corrected chi connectivity index (χ2v) is 7.55. The molecular formula is C19H28N6O3. The molecular weight excluding hydrogens is 360 g/mol. The number of imide groups is 1. The third kappa shape index (κ3) is 5.48. The van der Waals surface area contributed by atoms with Crippen LogP contribution in [0.5, 0.6) is 0 Å². The predicted molar refractivity (Wildman–Crippen MR) is 102 cm³/mol. The van der Waals surface area contributed by atoms with Crippen molar-refractivity contribution in [2.75, 3.05) is 32.7 Å². The van der Waals surface area contributed by atoms with Crippen molar-refractivity contribution in [3.63, 3.8) is 0 Å². The number of nitrogens with zero attached hydrogens (tertiary/aromatic N) is 4. The van der Waals surface area contributed by atoms with Crippen LogP contribution >= 0.6 is 0 Å². The molecule has 0 spiro atoms. The third-order valence-electron chi connectivity index (χ3n) is 5.49. The number of aromatic nitrogens is 2. The molecule has 9 nitrogen and oxygen atoms in total. The zero-order chi connectivity index (χ0) is 19.9. The van der Waals surface area contributed by atoms with Crippen molar-refractivity contribution in [3.05, 3.63) is 24.3 Å². The molecule has 1 saturated carbocycles. The Morgan fingerprint density at radius 2 is 1.86 bits per heavy atom. The molecule has 4 amide bonds. The van der Waals surface area contributed by atoms with Gasteiger partial charge >= 0.3 is 6.03 Å². The Morgan fingerprint density at radius 3 is 2.54 bits per heavy atom. The van der Waals surface area contributed by atoms with Crippen molar-refractivity contribution in [2.45, 2.75) is 38.6 Å². The highest BCUT2D eigenvalue weighted by atomic mass is 16.2. The van der Waals surface area contributed by atoms with Gasteiger partial charge in [-0.2, -0.15) is 0 Å². The molecule has 2 fully saturated rings. The van der Waals surface area contributed by atoms with Crippen LogP contribution in [0.15, 0.2) is 18.6 Å². The van der Waals surface area contributed by atoms with Gasteiger partial charge in [0.15, 0.2) is 0 Å². The topological polar surface area (TPSA) is 108 Å². The van der Waals surface area contributed by atoms with E-state index >= 15 is 0 Å². The van der Waals surface area contributed by atoms with Crippen molar-refractivity contribution in [2.24, 2.45) is 5.92 Å². The summed E-state index contributed by atoms with van der Waals surface area (Å²) < 4.78 is 0. The molecule has 2 atom stereocenters. The number of urea groups is 1. The summed E-state index contributed by atoms with van der Waals surface area (Å²) in [6.07, 6.45) is 8.85. The average Bonchev–Trinajstić information content (AvgIpc) is 2.70. The zero-order valence-electron chi connectivity index (χ0n) is 16.3. The zero-order valence-corrected chi connectivity index (χ0v) is 16.3. The molecule has 2 heterocycles. The van der Waals surface area contributed by atoms with Crippen molar-refractivity contribution in [1.29, 1.82) is 0 Å². The standard InChI is InChI=1S/C19H28N6O3/c1-14-4-2-3-5-15(14)22-19(28)23-17(26)13-24-8-10-25(11-9-24)18(27)16-12-20-6-7-21-16/h6-7,12,14-15H,2-5,8-11,13H2,1H3,(H2,22,23,26,28). The van der Waals surface area contributed by atoms with Crippen LogP contribution in [0.25, 0.3) is 0 Å². The predicted octanol–water partition coefficient (Wildman–Crippen LogP) is 0.639. The molecule has 0 radical (unpaired) electrons. The minimum Gasteiger partial charge on any atom is -0.335 e. The maximum Gasteiger partial charge on any atom is 0.321 e. The molecule has 9 heteroatoms. The highest BCUT2D eigenvalue weighted by molar-refractivity contribution is 5.95. The first-order valence-corrected chi connectivity index (χ1v) is 9.91. The number of carbonyl (C=O) groups excluding carboxylic acids is 3. The number of nitrogens with one attached hydrogen (secondary N) is 2. The summed E-state index contributed by atoms with van der Waals surface area (Å²) in [5, 5.41) is 5.35. The normalized spacial score (nSPS) is 23.1. The van der Waals surface area contributed by atoms with E-state index in [-0.39, 0.29) is 24.4 Å². The molecule has 1 aliphatic heterocycles. The van der Waals surface area contributed by atoms with Gasteiger partial charge in [-0.25, -0.2) is 9.78 Å². The maximum atomic E-state index is 12.4. The van der Waals surface area contributed by atoms with E-state index in [9.17, 15) is 14.4 Å². The molecule has 1 aromatic rings. The summed E-state index contributed by atoms with van der Waals surface area (Å²) in [4.78, 5) is 48.2. The molecule has 2 aliphatic rings. The van der Waals surface area contributed by atoms with Gasteiger partial charge < -0.3 is 10.2 Å². The molecule has 28 heavy (non-hydrogen) atoms. The van der Waals surface area contributed by atoms with Gasteiger partial charge in [-0.3, -0.25) is 24.8 Å². The Kier molecular flexibility index (Phi) is 6.91. The number of hydrogen-bond donors (Lipinski definition) is 2. The Balaban J connectivity index is 1.38. The summed E-state index contributed by atoms with van der Waals surface area (Å²) in [6.45, 7) is 4.43. The highest BCUT2D eigenvalue weighted by Gasteiger charge is 2.26. The first-order valence-electron chi connectivity index (χ1n) is 9.91. The van der Waals surface area contributed by atoms with Gasteiger partial charge in [0, 0.05) is 44.6 Å². The van der Waals surface area contributed by atoms with E-state index in [0.717, 1.165) is 19.3 Å². The van der Waals surface area contributed by atoms with E-state index in [1.54, 1.807) is 4.90 Å². The summed E-state index contributed by atoms with van der Waals surface area (Å²) in [7, 11) is 0. The Hall–Kier alpha value is -2.55. The molecule has 1 saturated heterocycles. The van der Waals surface area contributed by atoms with Gasteiger partial charge in [0.1, 0.15) is 5.69 Å². The van der Waals surface area contributed by atoms with Gasteiger partial charge in [-0.1, -0.05) is 19.8 Å². The lowest BCUT2D eigenvalue weighted by Gasteiger charge is -2.34. The van der Waals surface area contributed by atoms with Crippen molar-refractivity contribution < 1.29 is 14.4 Å². The fourth-order valence-electron chi connectivity index (χ4n) is 3.79. The monoisotopic (exact) mass is 388 g/mol. The van der Waals surface area contributed by atoms with Crippen LogP contribution < -0.4 is 10.6 Å². The molecule has 0 bridgehead atoms. The van der Waals surface area contributed by atoms with Gasteiger partial charge in [-0.15, -0.1) is 0 Å². The maximum absolute atomic E-state index is 12.4. The Morgan fingerprint density at radius 1 is 1.11 bits per heavy atom. The fraction of sp³-hybridized carbons (Fsp3) is 0.632. The fourth-order valence-corrected chi connectivity index (χ4v) is 3.79. The summed E-state index contributed by atoms with van der Waals surface area (Å²) in [5.41, 5.74) is 0.322. The minimum atomic E-state index is -0.416. The average molecular weight is 388 g/mol. The van der Waals surface area contributed by atoms with E-state index in [1.807, 2.05) is 4.90 Å². The first-order chi connectivity index (χ1) is 13.5.